The van der Waals surface area contributed by atoms with E-state index in [2.05, 4.69) is 4.90 Å². The van der Waals surface area contributed by atoms with E-state index < -0.39 is 6.10 Å². The van der Waals surface area contributed by atoms with E-state index >= 15 is 0 Å². The van der Waals surface area contributed by atoms with Gasteiger partial charge in [-0.2, -0.15) is 0 Å². The summed E-state index contributed by atoms with van der Waals surface area (Å²) in [6.07, 6.45) is 2.13. The first-order valence-corrected chi connectivity index (χ1v) is 6.95. The van der Waals surface area contributed by atoms with E-state index in [9.17, 15) is 9.50 Å². The summed E-state index contributed by atoms with van der Waals surface area (Å²) in [5.41, 5.74) is 1.17. The van der Waals surface area contributed by atoms with E-state index in [1.807, 2.05) is 6.07 Å². The Labute approximate surface area is 113 Å². The van der Waals surface area contributed by atoms with Crippen LogP contribution < -0.4 is 4.90 Å². The highest BCUT2D eigenvalue weighted by atomic mass is 19.1. The summed E-state index contributed by atoms with van der Waals surface area (Å²) in [7, 11) is 0. The van der Waals surface area contributed by atoms with Crippen LogP contribution in [0.25, 0.3) is 0 Å². The van der Waals surface area contributed by atoms with Gasteiger partial charge in [-0.15, -0.1) is 0 Å². The zero-order chi connectivity index (χ0) is 13.8. The fraction of sp³-hybridized carbons (Fsp3) is 0.600. The average Bonchev–Trinajstić information content (AvgIpc) is 2.38. The summed E-state index contributed by atoms with van der Waals surface area (Å²) in [5.74, 6) is 0.0978. The highest BCUT2D eigenvalue weighted by molar-refractivity contribution is 5.55. The Bertz CT molecular complexity index is 421. The lowest BCUT2D eigenvalue weighted by Gasteiger charge is -2.36. The van der Waals surface area contributed by atoms with Gasteiger partial charge in [0.25, 0.3) is 0 Å². The smallest absolute Gasteiger partial charge is 0.131 e. The highest BCUT2D eigenvalue weighted by Gasteiger charge is 2.24. The van der Waals surface area contributed by atoms with E-state index in [4.69, 9.17) is 5.11 Å². The molecule has 1 aromatic rings. The zero-order valence-corrected chi connectivity index (χ0v) is 11.3. The van der Waals surface area contributed by atoms with Crippen LogP contribution in [0.4, 0.5) is 10.1 Å². The van der Waals surface area contributed by atoms with E-state index in [1.54, 1.807) is 13.0 Å². The summed E-state index contributed by atoms with van der Waals surface area (Å²) >= 11 is 0. The predicted octanol–water partition coefficient (Wildman–Crippen LogP) is 2.48. The molecule has 106 valence electrons. The topological polar surface area (TPSA) is 43.7 Å². The second-order valence-corrected chi connectivity index (χ2v) is 5.32. The predicted molar refractivity (Wildman–Crippen MR) is 73.7 cm³/mol. The summed E-state index contributed by atoms with van der Waals surface area (Å²) in [5, 5.41) is 18.8. The van der Waals surface area contributed by atoms with Crippen LogP contribution in [0.3, 0.4) is 0 Å². The molecular weight excluding hydrogens is 245 g/mol. The number of aliphatic hydroxyl groups excluding tert-OH is 2. The summed E-state index contributed by atoms with van der Waals surface area (Å²) in [6.45, 7) is 3.50. The van der Waals surface area contributed by atoms with Gasteiger partial charge in [-0.25, -0.2) is 4.39 Å². The molecule has 1 aliphatic rings. The normalized spacial score (nSPS) is 21.5. The largest absolute Gasteiger partial charge is 0.396 e. The maximum atomic E-state index is 13.9. The third kappa shape index (κ3) is 3.25. The van der Waals surface area contributed by atoms with Crippen LogP contribution in [-0.2, 0) is 0 Å². The molecule has 1 fully saturated rings. The second-order valence-electron chi connectivity index (χ2n) is 5.32. The number of anilines is 1. The van der Waals surface area contributed by atoms with Crippen LogP contribution in [0.2, 0.25) is 0 Å². The number of hydrogen-bond donors (Lipinski definition) is 2. The molecule has 0 spiro atoms. The van der Waals surface area contributed by atoms with Gasteiger partial charge in [0, 0.05) is 30.9 Å². The zero-order valence-electron chi connectivity index (χ0n) is 11.3. The Morgan fingerprint density at radius 3 is 2.95 bits per heavy atom. The molecule has 0 aromatic heterocycles. The third-order valence-corrected chi connectivity index (χ3v) is 3.84. The molecule has 4 heteroatoms. The highest BCUT2D eigenvalue weighted by Crippen LogP contribution is 2.32. The monoisotopic (exact) mass is 267 g/mol. The van der Waals surface area contributed by atoms with Crippen molar-refractivity contribution >= 4 is 5.69 Å². The maximum Gasteiger partial charge on any atom is 0.131 e. The van der Waals surface area contributed by atoms with Crippen LogP contribution in [0.5, 0.6) is 0 Å². The number of piperidine rings is 1. The molecule has 0 aliphatic carbocycles. The van der Waals surface area contributed by atoms with Gasteiger partial charge in [-0.05, 0) is 44.2 Å². The van der Waals surface area contributed by atoms with E-state index in [0.717, 1.165) is 38.0 Å². The molecule has 19 heavy (non-hydrogen) atoms. The van der Waals surface area contributed by atoms with Gasteiger partial charge in [-0.1, -0.05) is 6.07 Å². The van der Waals surface area contributed by atoms with E-state index in [-0.39, 0.29) is 12.4 Å². The molecule has 1 aliphatic heterocycles. The summed E-state index contributed by atoms with van der Waals surface area (Å²) in [6, 6.07) is 4.94. The lowest BCUT2D eigenvalue weighted by atomic mass is 9.94. The average molecular weight is 267 g/mol. The maximum absolute atomic E-state index is 13.9. The summed E-state index contributed by atoms with van der Waals surface area (Å²) in [4.78, 5) is 2.13. The van der Waals surface area contributed by atoms with Crippen molar-refractivity contribution in [3.63, 3.8) is 0 Å². The second kappa shape index (κ2) is 6.35. The first kappa shape index (κ1) is 14.3. The molecule has 2 N–H and O–H groups in total. The Morgan fingerprint density at radius 2 is 2.26 bits per heavy atom. The van der Waals surface area contributed by atoms with Crippen molar-refractivity contribution in [3.05, 3.63) is 29.6 Å². The number of benzene rings is 1. The van der Waals surface area contributed by atoms with Gasteiger partial charge in [0.15, 0.2) is 0 Å². The first-order valence-electron chi connectivity index (χ1n) is 6.95. The van der Waals surface area contributed by atoms with Crippen LogP contribution >= 0.6 is 0 Å². The number of aliphatic hydroxyl groups is 2. The van der Waals surface area contributed by atoms with E-state index in [1.165, 1.54) is 6.07 Å². The summed E-state index contributed by atoms with van der Waals surface area (Å²) < 4.78 is 13.9. The number of halogens is 1. The van der Waals surface area contributed by atoms with Crippen LogP contribution in [0, 0.1) is 11.7 Å². The van der Waals surface area contributed by atoms with Gasteiger partial charge in [0.05, 0.1) is 6.10 Å². The van der Waals surface area contributed by atoms with Gasteiger partial charge < -0.3 is 15.1 Å². The standard InChI is InChI=1S/C15H22FNO2/c1-11(19)15-13(16)5-2-6-14(15)17-8-3-4-12(10-17)7-9-18/h2,5-6,11-12,18-19H,3-4,7-10H2,1H3/t11-,12?/m0/s1. The lowest BCUT2D eigenvalue weighted by molar-refractivity contribution is 0.194. The molecule has 2 atom stereocenters. The molecule has 0 amide bonds. The molecule has 1 unspecified atom stereocenters. The molecule has 3 nitrogen and oxygen atoms in total. The van der Waals surface area contributed by atoms with Gasteiger partial charge in [0.2, 0.25) is 0 Å². The van der Waals surface area contributed by atoms with Crippen LogP contribution in [0.1, 0.15) is 37.9 Å². The van der Waals surface area contributed by atoms with Gasteiger partial charge >= 0.3 is 0 Å². The molecular formula is C15H22FNO2. The third-order valence-electron chi connectivity index (χ3n) is 3.84. The lowest BCUT2D eigenvalue weighted by Crippen LogP contribution is -2.36. The van der Waals surface area contributed by atoms with Crippen molar-refractivity contribution in [2.24, 2.45) is 5.92 Å². The number of nitrogens with zero attached hydrogens (tertiary/aromatic N) is 1. The molecule has 1 aromatic carbocycles. The minimum Gasteiger partial charge on any atom is -0.396 e. The fourth-order valence-electron chi connectivity index (χ4n) is 2.92. The Kier molecular flexibility index (Phi) is 4.77. The SMILES string of the molecule is C[C@H](O)c1c(F)cccc1N1CCCC(CCO)C1. The van der Waals surface area contributed by atoms with Gasteiger partial charge in [0.1, 0.15) is 5.82 Å². The Morgan fingerprint density at radius 1 is 1.47 bits per heavy atom. The molecule has 1 heterocycles. The minimum absolute atomic E-state index is 0.199. The molecule has 0 bridgehead atoms. The van der Waals surface area contributed by atoms with Crippen molar-refractivity contribution in [1.29, 1.82) is 0 Å². The van der Waals surface area contributed by atoms with E-state index in [0.29, 0.717) is 11.5 Å². The van der Waals surface area contributed by atoms with Crippen molar-refractivity contribution in [2.75, 3.05) is 24.6 Å². The molecule has 0 radical (unpaired) electrons. The molecule has 0 saturated carbocycles. The quantitative estimate of drug-likeness (QED) is 0.881. The Hall–Kier alpha value is -1.13. The Balaban J connectivity index is 2.23. The van der Waals surface area contributed by atoms with Crippen LogP contribution in [0.15, 0.2) is 18.2 Å². The number of rotatable bonds is 4. The molecule has 1 saturated heterocycles. The van der Waals surface area contributed by atoms with Crippen molar-refractivity contribution in [1.82, 2.24) is 0 Å². The van der Waals surface area contributed by atoms with Crippen molar-refractivity contribution < 1.29 is 14.6 Å². The number of hydrogen-bond acceptors (Lipinski definition) is 3. The van der Waals surface area contributed by atoms with Crippen LogP contribution in [-0.4, -0.2) is 29.9 Å². The first-order chi connectivity index (χ1) is 9.13. The fourth-order valence-corrected chi connectivity index (χ4v) is 2.92. The van der Waals surface area contributed by atoms with Crippen molar-refractivity contribution in [2.45, 2.75) is 32.3 Å². The van der Waals surface area contributed by atoms with Crippen molar-refractivity contribution in [3.8, 4) is 0 Å². The van der Waals surface area contributed by atoms with Gasteiger partial charge in [-0.3, -0.25) is 0 Å². The minimum atomic E-state index is -0.811. The molecule has 2 rings (SSSR count).